The Morgan fingerprint density at radius 2 is 2.17 bits per heavy atom. The third-order valence-corrected chi connectivity index (χ3v) is 3.58. The number of hydrogen-bond acceptors (Lipinski definition) is 3. The largest absolute Gasteiger partial charge is 0.345 e. The van der Waals surface area contributed by atoms with Crippen LogP contribution in [0.1, 0.15) is 37.7 Å². The van der Waals surface area contributed by atoms with Gasteiger partial charge in [0.2, 0.25) is 0 Å². The van der Waals surface area contributed by atoms with Crippen LogP contribution in [0.25, 0.3) is 0 Å². The van der Waals surface area contributed by atoms with Gasteiger partial charge in [-0.3, -0.25) is 0 Å². The quantitative estimate of drug-likeness (QED) is 0.811. The van der Waals surface area contributed by atoms with Gasteiger partial charge in [-0.25, -0.2) is 4.98 Å². The van der Waals surface area contributed by atoms with Crippen LogP contribution >= 0.6 is 0 Å². The summed E-state index contributed by atoms with van der Waals surface area (Å²) in [6, 6.07) is 0. The summed E-state index contributed by atoms with van der Waals surface area (Å²) in [5, 5.41) is 3.51. The van der Waals surface area contributed by atoms with E-state index < -0.39 is 0 Å². The first-order valence-corrected chi connectivity index (χ1v) is 7.17. The molecule has 4 heteroatoms. The second-order valence-electron chi connectivity index (χ2n) is 5.59. The number of nitrogens with zero attached hydrogens (tertiary/aromatic N) is 2. The van der Waals surface area contributed by atoms with Crippen LogP contribution in [0.5, 0.6) is 0 Å². The first-order chi connectivity index (χ1) is 8.74. The predicted octanol–water partition coefficient (Wildman–Crippen LogP) is 1.93. The van der Waals surface area contributed by atoms with E-state index in [-0.39, 0.29) is 0 Å². The van der Waals surface area contributed by atoms with E-state index in [0.29, 0.717) is 5.92 Å². The summed E-state index contributed by atoms with van der Waals surface area (Å²) in [5.74, 6) is 1.71. The lowest BCUT2D eigenvalue weighted by atomic mass is 10.1. The highest BCUT2D eigenvalue weighted by atomic mass is 15.1. The average molecular weight is 250 g/mol. The maximum absolute atomic E-state index is 4.20. The number of aromatic amines is 1. The van der Waals surface area contributed by atoms with Gasteiger partial charge in [-0.2, -0.15) is 0 Å². The third kappa shape index (κ3) is 4.42. The van der Waals surface area contributed by atoms with Crippen molar-refractivity contribution in [2.75, 3.05) is 26.2 Å². The molecule has 1 aliphatic heterocycles. The van der Waals surface area contributed by atoms with E-state index in [0.717, 1.165) is 18.9 Å². The molecule has 102 valence electrons. The van der Waals surface area contributed by atoms with Crippen LogP contribution in [-0.4, -0.2) is 41.0 Å². The Balaban J connectivity index is 1.60. The highest BCUT2D eigenvalue weighted by Crippen LogP contribution is 2.10. The number of H-pyrrole nitrogens is 1. The van der Waals surface area contributed by atoms with Crippen LogP contribution in [-0.2, 0) is 6.54 Å². The van der Waals surface area contributed by atoms with Crippen molar-refractivity contribution in [2.45, 2.75) is 39.7 Å². The van der Waals surface area contributed by atoms with Gasteiger partial charge in [0.1, 0.15) is 5.82 Å². The first-order valence-electron chi connectivity index (χ1n) is 7.17. The van der Waals surface area contributed by atoms with Crippen molar-refractivity contribution in [2.24, 2.45) is 5.92 Å². The van der Waals surface area contributed by atoms with Gasteiger partial charge in [0.15, 0.2) is 0 Å². The van der Waals surface area contributed by atoms with Crippen molar-refractivity contribution in [3.63, 3.8) is 0 Å². The summed E-state index contributed by atoms with van der Waals surface area (Å²) in [5.41, 5.74) is 1.18. The maximum Gasteiger partial charge on any atom is 0.103 e. The molecular weight excluding hydrogens is 224 g/mol. The molecule has 1 aromatic rings. The minimum absolute atomic E-state index is 0.715. The number of imidazole rings is 1. The van der Waals surface area contributed by atoms with E-state index in [9.17, 15) is 0 Å². The molecule has 0 aliphatic carbocycles. The minimum Gasteiger partial charge on any atom is -0.345 e. The molecule has 1 aliphatic rings. The van der Waals surface area contributed by atoms with Gasteiger partial charge in [0, 0.05) is 25.0 Å². The fourth-order valence-electron chi connectivity index (χ4n) is 2.66. The van der Waals surface area contributed by atoms with Gasteiger partial charge >= 0.3 is 0 Å². The Hall–Kier alpha value is -0.870. The third-order valence-electron chi connectivity index (χ3n) is 3.58. The van der Waals surface area contributed by atoms with E-state index in [2.05, 4.69) is 27.1 Å². The van der Waals surface area contributed by atoms with Gasteiger partial charge < -0.3 is 15.2 Å². The van der Waals surface area contributed by atoms with E-state index in [4.69, 9.17) is 0 Å². The Kier molecular flexibility index (Phi) is 5.20. The van der Waals surface area contributed by atoms with Crippen LogP contribution < -0.4 is 5.32 Å². The Bertz CT molecular complexity index is 341. The fourth-order valence-corrected chi connectivity index (χ4v) is 2.66. The average Bonchev–Trinajstić information content (AvgIpc) is 2.76. The molecular formula is C14H26N4. The van der Waals surface area contributed by atoms with Crippen molar-refractivity contribution in [1.82, 2.24) is 20.2 Å². The van der Waals surface area contributed by atoms with Crippen molar-refractivity contribution in [3.05, 3.63) is 17.7 Å². The van der Waals surface area contributed by atoms with Gasteiger partial charge in [-0.1, -0.05) is 13.3 Å². The van der Waals surface area contributed by atoms with Crippen molar-refractivity contribution < 1.29 is 0 Å². The molecule has 0 amide bonds. The zero-order valence-corrected chi connectivity index (χ0v) is 11.7. The van der Waals surface area contributed by atoms with Gasteiger partial charge in [0.25, 0.3) is 0 Å². The summed E-state index contributed by atoms with van der Waals surface area (Å²) in [6.07, 6.45) is 6.10. The normalized spacial score (nSPS) is 19.0. The van der Waals surface area contributed by atoms with E-state index in [1.807, 2.05) is 13.1 Å². The number of piperidine rings is 1. The van der Waals surface area contributed by atoms with Crippen molar-refractivity contribution in [3.8, 4) is 0 Å². The lowest BCUT2D eigenvalue weighted by molar-refractivity contribution is 0.199. The summed E-state index contributed by atoms with van der Waals surface area (Å²) in [4.78, 5) is 10.1. The molecule has 2 rings (SSSR count). The number of nitrogens with one attached hydrogen (secondary N) is 2. The molecule has 1 atom stereocenters. The molecule has 1 aromatic heterocycles. The minimum atomic E-state index is 0.715. The SMILES string of the molecule is Cc1ncc(CNCC(C)CN2CCCCC2)[nH]1. The number of likely N-dealkylation sites (tertiary alicyclic amines) is 1. The zero-order chi connectivity index (χ0) is 12.8. The first kappa shape index (κ1) is 13.6. The summed E-state index contributed by atoms with van der Waals surface area (Å²) >= 11 is 0. The molecule has 1 fully saturated rings. The summed E-state index contributed by atoms with van der Waals surface area (Å²) in [7, 11) is 0. The Labute approximate surface area is 110 Å². The molecule has 0 bridgehead atoms. The molecule has 18 heavy (non-hydrogen) atoms. The molecule has 2 heterocycles. The van der Waals surface area contributed by atoms with Crippen molar-refractivity contribution >= 4 is 0 Å². The molecule has 0 radical (unpaired) electrons. The molecule has 0 saturated carbocycles. The van der Waals surface area contributed by atoms with E-state index in [1.54, 1.807) is 0 Å². The predicted molar refractivity (Wildman–Crippen MR) is 74.5 cm³/mol. The van der Waals surface area contributed by atoms with Gasteiger partial charge in [-0.15, -0.1) is 0 Å². The van der Waals surface area contributed by atoms with Crippen LogP contribution in [0.4, 0.5) is 0 Å². The summed E-state index contributed by atoms with van der Waals surface area (Å²) < 4.78 is 0. The van der Waals surface area contributed by atoms with Crippen LogP contribution in [0.15, 0.2) is 6.20 Å². The Morgan fingerprint density at radius 1 is 1.39 bits per heavy atom. The van der Waals surface area contributed by atoms with Gasteiger partial charge in [-0.05, 0) is 45.3 Å². The monoisotopic (exact) mass is 250 g/mol. The molecule has 1 unspecified atom stereocenters. The van der Waals surface area contributed by atoms with Gasteiger partial charge in [0.05, 0.1) is 0 Å². The number of rotatable bonds is 6. The number of hydrogen-bond donors (Lipinski definition) is 2. The lowest BCUT2D eigenvalue weighted by Crippen LogP contribution is -2.36. The van der Waals surface area contributed by atoms with Crippen LogP contribution in [0, 0.1) is 12.8 Å². The van der Waals surface area contributed by atoms with Crippen LogP contribution in [0.2, 0.25) is 0 Å². The van der Waals surface area contributed by atoms with Crippen LogP contribution in [0.3, 0.4) is 0 Å². The zero-order valence-electron chi connectivity index (χ0n) is 11.7. The standard InChI is InChI=1S/C14H26N4/c1-12(11-18-6-4-3-5-7-18)8-15-9-14-10-16-13(2)17-14/h10,12,15H,3-9,11H2,1-2H3,(H,16,17). The smallest absolute Gasteiger partial charge is 0.103 e. The molecule has 0 spiro atoms. The number of aromatic nitrogens is 2. The molecule has 0 aromatic carbocycles. The van der Waals surface area contributed by atoms with Crippen molar-refractivity contribution in [1.29, 1.82) is 0 Å². The maximum atomic E-state index is 4.20. The molecule has 1 saturated heterocycles. The second-order valence-corrected chi connectivity index (χ2v) is 5.59. The second kappa shape index (κ2) is 6.90. The summed E-state index contributed by atoms with van der Waals surface area (Å²) in [6.45, 7) is 10.1. The molecule has 2 N–H and O–H groups in total. The molecule has 4 nitrogen and oxygen atoms in total. The highest BCUT2D eigenvalue weighted by Gasteiger charge is 2.13. The number of aryl methyl sites for hydroxylation is 1. The van der Waals surface area contributed by atoms with E-state index in [1.165, 1.54) is 44.6 Å². The Morgan fingerprint density at radius 3 is 2.83 bits per heavy atom. The fraction of sp³-hybridized carbons (Fsp3) is 0.786. The highest BCUT2D eigenvalue weighted by molar-refractivity contribution is 4.99. The lowest BCUT2D eigenvalue weighted by Gasteiger charge is -2.29. The van der Waals surface area contributed by atoms with E-state index >= 15 is 0 Å². The topological polar surface area (TPSA) is 44.0 Å².